The summed E-state index contributed by atoms with van der Waals surface area (Å²) in [5, 5.41) is 8.34. The van der Waals surface area contributed by atoms with Gasteiger partial charge in [-0.15, -0.1) is 10.2 Å². The number of hydrogen-bond donors (Lipinski definition) is 0. The molecular formula is C17H21BrN4O2. The van der Waals surface area contributed by atoms with Gasteiger partial charge < -0.3 is 13.9 Å². The molecule has 1 saturated heterocycles. The number of amides is 1. The highest BCUT2D eigenvalue weighted by Gasteiger charge is 2.31. The molecule has 24 heavy (non-hydrogen) atoms. The van der Waals surface area contributed by atoms with Crippen LogP contribution in [0.4, 0.5) is 0 Å². The van der Waals surface area contributed by atoms with E-state index >= 15 is 0 Å². The lowest BCUT2D eigenvalue weighted by atomic mass is 10.1. The van der Waals surface area contributed by atoms with Crippen molar-refractivity contribution < 1.29 is 9.21 Å². The average Bonchev–Trinajstić information content (AvgIpc) is 2.97. The van der Waals surface area contributed by atoms with Crippen molar-refractivity contribution in [1.29, 1.82) is 0 Å². The maximum atomic E-state index is 12.6. The molecule has 7 heteroatoms. The molecule has 0 bridgehead atoms. The monoisotopic (exact) mass is 392 g/mol. The van der Waals surface area contributed by atoms with Gasteiger partial charge in [-0.2, -0.15) is 0 Å². The summed E-state index contributed by atoms with van der Waals surface area (Å²) in [5.74, 6) is 2.25. The van der Waals surface area contributed by atoms with Gasteiger partial charge in [0.2, 0.25) is 0 Å². The largest absolute Gasteiger partial charge is 0.444 e. The average molecular weight is 393 g/mol. The molecule has 2 aliphatic rings. The second-order valence-corrected chi connectivity index (χ2v) is 7.56. The number of nitrogens with zero attached hydrogens (tertiary/aromatic N) is 4. The Morgan fingerprint density at radius 3 is 2.96 bits per heavy atom. The van der Waals surface area contributed by atoms with Gasteiger partial charge in [0.15, 0.2) is 10.4 Å². The maximum Gasteiger partial charge on any atom is 0.289 e. The standard InChI is InChI=1S/C17H21BrN4O2/c18-15-7-6-14(24-15)17(23)22-9-1-2-13(22)5-8-16-20-19-11-21(16)10-12-3-4-12/h6-7,11-13H,1-5,8-10H2. The van der Waals surface area contributed by atoms with Crippen LogP contribution < -0.4 is 0 Å². The van der Waals surface area contributed by atoms with Crippen LogP contribution in [0.25, 0.3) is 0 Å². The third-order valence-corrected chi connectivity index (χ3v) is 5.40. The number of aromatic nitrogens is 3. The third kappa shape index (κ3) is 3.41. The molecule has 1 aliphatic carbocycles. The van der Waals surface area contributed by atoms with Gasteiger partial charge in [0.25, 0.3) is 5.91 Å². The SMILES string of the molecule is O=C(c1ccc(Br)o1)N1CCCC1CCc1nncn1CC1CC1. The molecule has 6 nitrogen and oxygen atoms in total. The number of furan rings is 1. The first-order valence-electron chi connectivity index (χ1n) is 8.63. The molecule has 1 amide bonds. The molecule has 128 valence electrons. The number of carbonyl (C=O) groups excluding carboxylic acids is 1. The van der Waals surface area contributed by atoms with Crippen molar-refractivity contribution in [2.45, 2.75) is 51.1 Å². The summed E-state index contributed by atoms with van der Waals surface area (Å²) in [6, 6.07) is 3.75. The van der Waals surface area contributed by atoms with E-state index in [0.717, 1.165) is 50.5 Å². The molecule has 1 aliphatic heterocycles. The molecule has 1 unspecified atom stereocenters. The number of hydrogen-bond acceptors (Lipinski definition) is 4. The van der Waals surface area contributed by atoms with Gasteiger partial charge in [0.05, 0.1) is 0 Å². The Morgan fingerprint density at radius 2 is 2.21 bits per heavy atom. The number of carbonyl (C=O) groups is 1. The van der Waals surface area contributed by atoms with Crippen LogP contribution in [-0.2, 0) is 13.0 Å². The number of rotatable bonds is 6. The van der Waals surface area contributed by atoms with E-state index in [1.807, 2.05) is 11.2 Å². The van der Waals surface area contributed by atoms with E-state index < -0.39 is 0 Å². The molecule has 0 aromatic carbocycles. The van der Waals surface area contributed by atoms with E-state index in [9.17, 15) is 4.79 Å². The van der Waals surface area contributed by atoms with Crippen LogP contribution in [0.5, 0.6) is 0 Å². The van der Waals surface area contributed by atoms with E-state index in [1.165, 1.54) is 12.8 Å². The zero-order valence-corrected chi connectivity index (χ0v) is 15.1. The molecule has 1 saturated carbocycles. The first-order valence-corrected chi connectivity index (χ1v) is 9.43. The van der Waals surface area contributed by atoms with E-state index in [0.29, 0.717) is 10.4 Å². The second kappa shape index (κ2) is 6.70. The predicted octanol–water partition coefficient (Wildman–Crippen LogP) is 3.28. The highest BCUT2D eigenvalue weighted by Crippen LogP contribution is 2.31. The Balaban J connectivity index is 1.38. The third-order valence-electron chi connectivity index (χ3n) is 4.97. The van der Waals surface area contributed by atoms with Crippen molar-refractivity contribution in [3.05, 3.63) is 34.7 Å². The Bertz CT molecular complexity index is 722. The summed E-state index contributed by atoms with van der Waals surface area (Å²) < 4.78 is 8.20. The lowest BCUT2D eigenvalue weighted by Gasteiger charge is -2.23. The summed E-state index contributed by atoms with van der Waals surface area (Å²) in [6.45, 7) is 1.84. The Hall–Kier alpha value is -1.63. The summed E-state index contributed by atoms with van der Waals surface area (Å²) in [7, 11) is 0. The molecule has 4 rings (SSSR count). The van der Waals surface area contributed by atoms with Gasteiger partial charge in [0.1, 0.15) is 12.2 Å². The Morgan fingerprint density at radius 1 is 1.33 bits per heavy atom. The molecule has 3 heterocycles. The van der Waals surface area contributed by atoms with Gasteiger partial charge in [-0.25, -0.2) is 0 Å². The number of likely N-dealkylation sites (tertiary alicyclic amines) is 1. The van der Waals surface area contributed by atoms with Crippen LogP contribution in [-0.4, -0.2) is 38.2 Å². The molecule has 0 N–H and O–H groups in total. The molecular weight excluding hydrogens is 372 g/mol. The fraction of sp³-hybridized carbons (Fsp3) is 0.588. The van der Waals surface area contributed by atoms with Crippen molar-refractivity contribution in [2.75, 3.05) is 6.54 Å². The smallest absolute Gasteiger partial charge is 0.289 e. The van der Waals surface area contributed by atoms with Crippen LogP contribution in [0, 0.1) is 5.92 Å². The summed E-state index contributed by atoms with van der Waals surface area (Å²) in [4.78, 5) is 14.6. The first-order chi connectivity index (χ1) is 11.7. The molecule has 0 radical (unpaired) electrons. The van der Waals surface area contributed by atoms with E-state index in [1.54, 1.807) is 12.1 Å². The number of halogens is 1. The van der Waals surface area contributed by atoms with E-state index in [4.69, 9.17) is 4.42 Å². The lowest BCUT2D eigenvalue weighted by molar-refractivity contribution is 0.0696. The number of aryl methyl sites for hydroxylation is 1. The Labute approximate surface area is 149 Å². The molecule has 0 spiro atoms. The van der Waals surface area contributed by atoms with Gasteiger partial charge >= 0.3 is 0 Å². The maximum absolute atomic E-state index is 12.6. The minimum absolute atomic E-state index is 0.0114. The van der Waals surface area contributed by atoms with Crippen LogP contribution in [0.1, 0.15) is 48.5 Å². The zero-order valence-electron chi connectivity index (χ0n) is 13.5. The van der Waals surface area contributed by atoms with Crippen molar-refractivity contribution >= 4 is 21.8 Å². The van der Waals surface area contributed by atoms with Crippen molar-refractivity contribution in [3.8, 4) is 0 Å². The molecule has 2 aromatic heterocycles. The van der Waals surface area contributed by atoms with E-state index in [2.05, 4.69) is 30.7 Å². The van der Waals surface area contributed by atoms with Gasteiger partial charge in [0, 0.05) is 25.6 Å². The minimum Gasteiger partial charge on any atom is -0.444 e. The minimum atomic E-state index is -0.0114. The predicted molar refractivity (Wildman–Crippen MR) is 91.5 cm³/mol. The summed E-state index contributed by atoms with van der Waals surface area (Å²) in [6.07, 6.45) is 8.37. The molecule has 2 aromatic rings. The summed E-state index contributed by atoms with van der Waals surface area (Å²) >= 11 is 3.26. The normalized spacial score (nSPS) is 20.7. The van der Waals surface area contributed by atoms with Crippen LogP contribution in [0.3, 0.4) is 0 Å². The van der Waals surface area contributed by atoms with Crippen LogP contribution >= 0.6 is 15.9 Å². The quantitative estimate of drug-likeness (QED) is 0.756. The highest BCUT2D eigenvalue weighted by molar-refractivity contribution is 9.10. The second-order valence-electron chi connectivity index (χ2n) is 6.78. The Kier molecular flexibility index (Phi) is 4.43. The summed E-state index contributed by atoms with van der Waals surface area (Å²) in [5.41, 5.74) is 0. The fourth-order valence-electron chi connectivity index (χ4n) is 3.47. The first kappa shape index (κ1) is 15.9. The lowest BCUT2D eigenvalue weighted by Crippen LogP contribution is -2.35. The van der Waals surface area contributed by atoms with Gasteiger partial charge in [-0.3, -0.25) is 4.79 Å². The van der Waals surface area contributed by atoms with Crippen molar-refractivity contribution in [1.82, 2.24) is 19.7 Å². The van der Waals surface area contributed by atoms with E-state index in [-0.39, 0.29) is 11.9 Å². The van der Waals surface area contributed by atoms with Gasteiger partial charge in [-0.05, 0) is 66.1 Å². The van der Waals surface area contributed by atoms with Crippen LogP contribution in [0.2, 0.25) is 0 Å². The van der Waals surface area contributed by atoms with Gasteiger partial charge in [-0.1, -0.05) is 0 Å². The highest BCUT2D eigenvalue weighted by atomic mass is 79.9. The fourth-order valence-corrected chi connectivity index (χ4v) is 3.78. The van der Waals surface area contributed by atoms with Crippen molar-refractivity contribution in [3.63, 3.8) is 0 Å². The zero-order chi connectivity index (χ0) is 16.5. The molecule has 2 fully saturated rings. The van der Waals surface area contributed by atoms with Crippen LogP contribution in [0.15, 0.2) is 27.5 Å². The van der Waals surface area contributed by atoms with Crippen molar-refractivity contribution in [2.24, 2.45) is 5.92 Å². The topological polar surface area (TPSA) is 64.2 Å². The molecule has 1 atom stereocenters.